The average molecular weight is 239 g/mol. The predicted octanol–water partition coefficient (Wildman–Crippen LogP) is 2.43. The van der Waals surface area contributed by atoms with E-state index in [9.17, 15) is 0 Å². The molecule has 2 aromatic rings. The number of nitrogens with two attached hydrogens (primary N) is 1. The molecule has 68 valence electrons. The minimum Gasteiger partial charge on any atom is -0.349 e. The van der Waals surface area contributed by atoms with Crippen molar-refractivity contribution in [1.82, 2.24) is 4.98 Å². The Morgan fingerprint density at radius 3 is 3.00 bits per heavy atom. The van der Waals surface area contributed by atoms with Gasteiger partial charge >= 0.3 is 0 Å². The number of hydrogen-bond donors (Lipinski definition) is 2. The molecule has 0 aliphatic heterocycles. The highest BCUT2D eigenvalue weighted by Crippen LogP contribution is 2.22. The molecule has 2 rings (SSSR count). The molecule has 0 unspecified atom stereocenters. The number of fused-ring (bicyclic) bond motifs is 1. The number of nitrogens with one attached hydrogen (secondary N) is 1. The zero-order chi connectivity index (χ0) is 9.26. The lowest BCUT2D eigenvalue weighted by Crippen LogP contribution is -2.02. The van der Waals surface area contributed by atoms with E-state index in [4.69, 9.17) is 5.73 Å². The van der Waals surface area contributed by atoms with Gasteiger partial charge in [-0.1, -0.05) is 18.2 Å². The first-order valence-corrected chi connectivity index (χ1v) is 5.07. The van der Waals surface area contributed by atoms with Gasteiger partial charge in [0, 0.05) is 10.9 Å². The van der Waals surface area contributed by atoms with Crippen LogP contribution in [0.3, 0.4) is 0 Å². The number of aromatic nitrogens is 1. The summed E-state index contributed by atoms with van der Waals surface area (Å²) >= 11 is 3.42. The largest absolute Gasteiger partial charge is 0.349 e. The summed E-state index contributed by atoms with van der Waals surface area (Å²) in [6.07, 6.45) is 0.921. The van der Waals surface area contributed by atoms with Crippen molar-refractivity contribution in [3.63, 3.8) is 0 Å². The molecule has 0 saturated carbocycles. The van der Waals surface area contributed by atoms with E-state index in [1.54, 1.807) is 0 Å². The smallest absolute Gasteiger partial charge is 0.0831 e. The molecule has 3 N–H and O–H groups in total. The Labute approximate surface area is 85.3 Å². The lowest BCUT2D eigenvalue weighted by atomic mass is 10.1. The molecule has 0 bridgehead atoms. The maximum Gasteiger partial charge on any atom is 0.0831 e. The minimum absolute atomic E-state index is 0.690. The molecule has 0 aliphatic rings. The van der Waals surface area contributed by atoms with Crippen LogP contribution in [0.4, 0.5) is 0 Å². The fourth-order valence-electron chi connectivity index (χ4n) is 1.55. The molecule has 1 aromatic heterocycles. The maximum absolute atomic E-state index is 5.53. The van der Waals surface area contributed by atoms with Crippen molar-refractivity contribution >= 4 is 26.8 Å². The molecule has 0 fully saturated rings. The summed E-state index contributed by atoms with van der Waals surface area (Å²) in [7, 11) is 0. The van der Waals surface area contributed by atoms with Gasteiger partial charge in [-0.3, -0.25) is 0 Å². The van der Waals surface area contributed by atoms with Crippen LogP contribution in [0.5, 0.6) is 0 Å². The Hall–Kier alpha value is -0.800. The van der Waals surface area contributed by atoms with Crippen molar-refractivity contribution in [2.75, 3.05) is 6.54 Å². The van der Waals surface area contributed by atoms with Gasteiger partial charge in [0.25, 0.3) is 0 Å². The molecular formula is C10H11BrN2. The zero-order valence-corrected chi connectivity index (χ0v) is 8.76. The van der Waals surface area contributed by atoms with Crippen LogP contribution < -0.4 is 5.73 Å². The van der Waals surface area contributed by atoms with E-state index in [2.05, 4.69) is 45.2 Å². The third-order valence-electron chi connectivity index (χ3n) is 2.12. The molecule has 0 radical (unpaired) electrons. The molecule has 0 spiro atoms. The number of H-pyrrole nitrogens is 1. The number of rotatable bonds is 2. The minimum atomic E-state index is 0.690. The Kier molecular flexibility index (Phi) is 2.38. The van der Waals surface area contributed by atoms with Gasteiger partial charge in [-0.15, -0.1) is 0 Å². The van der Waals surface area contributed by atoms with Crippen LogP contribution in [0, 0.1) is 0 Å². The Morgan fingerprint density at radius 1 is 1.38 bits per heavy atom. The summed E-state index contributed by atoms with van der Waals surface area (Å²) in [5.74, 6) is 0. The van der Waals surface area contributed by atoms with Gasteiger partial charge in [-0.2, -0.15) is 0 Å². The summed E-state index contributed by atoms with van der Waals surface area (Å²) in [4.78, 5) is 3.27. The van der Waals surface area contributed by atoms with E-state index in [1.807, 2.05) is 0 Å². The van der Waals surface area contributed by atoms with Gasteiger partial charge in [0.1, 0.15) is 0 Å². The van der Waals surface area contributed by atoms with Gasteiger partial charge in [0.05, 0.1) is 4.60 Å². The summed E-state index contributed by atoms with van der Waals surface area (Å²) in [6.45, 7) is 0.690. The normalized spacial score (nSPS) is 10.9. The van der Waals surface area contributed by atoms with Crippen molar-refractivity contribution in [3.05, 3.63) is 34.4 Å². The maximum atomic E-state index is 5.53. The summed E-state index contributed by atoms with van der Waals surface area (Å²) in [5.41, 5.74) is 8.01. The molecule has 0 aliphatic carbocycles. The van der Waals surface area contributed by atoms with Gasteiger partial charge in [0.15, 0.2) is 0 Å². The van der Waals surface area contributed by atoms with E-state index < -0.39 is 0 Å². The third-order valence-corrected chi connectivity index (χ3v) is 2.55. The van der Waals surface area contributed by atoms with E-state index in [1.165, 1.54) is 16.5 Å². The molecule has 3 heteroatoms. The van der Waals surface area contributed by atoms with Crippen LogP contribution in [-0.2, 0) is 6.42 Å². The van der Waals surface area contributed by atoms with Gasteiger partial charge < -0.3 is 10.7 Å². The first-order chi connectivity index (χ1) is 6.31. The van der Waals surface area contributed by atoms with Crippen molar-refractivity contribution in [2.24, 2.45) is 5.73 Å². The Bertz CT molecular complexity index is 420. The topological polar surface area (TPSA) is 41.8 Å². The van der Waals surface area contributed by atoms with Crippen LogP contribution in [0.15, 0.2) is 28.9 Å². The fraction of sp³-hybridized carbons (Fsp3) is 0.200. The van der Waals surface area contributed by atoms with Crippen LogP contribution in [0.25, 0.3) is 10.9 Å². The first kappa shape index (κ1) is 8.78. The molecular weight excluding hydrogens is 228 g/mol. The SMILES string of the molecule is NCCc1cccc2cc(Br)[nH]c12. The molecule has 0 amide bonds. The van der Waals surface area contributed by atoms with E-state index in [0.29, 0.717) is 6.54 Å². The van der Waals surface area contributed by atoms with E-state index >= 15 is 0 Å². The molecule has 1 heterocycles. The molecule has 0 saturated heterocycles. The second-order valence-corrected chi connectivity index (χ2v) is 3.89. The van der Waals surface area contributed by atoms with Crippen LogP contribution in [0.2, 0.25) is 0 Å². The summed E-state index contributed by atoms with van der Waals surface area (Å²) in [5, 5.41) is 1.23. The molecule has 1 aromatic carbocycles. The number of para-hydroxylation sites is 1. The molecule has 13 heavy (non-hydrogen) atoms. The summed E-state index contributed by atoms with van der Waals surface area (Å²) in [6, 6.07) is 8.34. The van der Waals surface area contributed by atoms with Gasteiger partial charge in [-0.05, 0) is 40.5 Å². The van der Waals surface area contributed by atoms with Crippen molar-refractivity contribution < 1.29 is 0 Å². The summed E-state index contributed by atoms with van der Waals surface area (Å²) < 4.78 is 1.02. The van der Waals surface area contributed by atoms with Gasteiger partial charge in [-0.25, -0.2) is 0 Å². The second-order valence-electron chi connectivity index (χ2n) is 3.04. The van der Waals surface area contributed by atoms with Crippen molar-refractivity contribution in [3.8, 4) is 0 Å². The predicted molar refractivity (Wildman–Crippen MR) is 58.8 cm³/mol. The second kappa shape index (κ2) is 3.52. The lowest BCUT2D eigenvalue weighted by molar-refractivity contribution is 0.974. The number of halogens is 1. The highest BCUT2D eigenvalue weighted by atomic mass is 79.9. The van der Waals surface area contributed by atoms with Crippen molar-refractivity contribution in [2.45, 2.75) is 6.42 Å². The lowest BCUT2D eigenvalue weighted by Gasteiger charge is -1.99. The first-order valence-electron chi connectivity index (χ1n) is 4.27. The third kappa shape index (κ3) is 1.62. The standard InChI is InChI=1S/C10H11BrN2/c11-9-6-8-3-1-2-7(4-5-12)10(8)13-9/h1-3,6,13H,4-5,12H2. The Morgan fingerprint density at radius 2 is 2.23 bits per heavy atom. The average Bonchev–Trinajstić information content (AvgIpc) is 2.47. The van der Waals surface area contributed by atoms with Crippen molar-refractivity contribution in [1.29, 1.82) is 0 Å². The quantitative estimate of drug-likeness (QED) is 0.830. The van der Waals surface area contributed by atoms with Crippen LogP contribution in [0.1, 0.15) is 5.56 Å². The van der Waals surface area contributed by atoms with Crippen LogP contribution in [-0.4, -0.2) is 11.5 Å². The molecule has 2 nitrogen and oxygen atoms in total. The zero-order valence-electron chi connectivity index (χ0n) is 7.18. The van der Waals surface area contributed by atoms with E-state index in [0.717, 1.165) is 11.0 Å². The van der Waals surface area contributed by atoms with Gasteiger partial charge in [0.2, 0.25) is 0 Å². The molecule has 0 atom stereocenters. The van der Waals surface area contributed by atoms with Crippen LogP contribution >= 0.6 is 15.9 Å². The highest BCUT2D eigenvalue weighted by molar-refractivity contribution is 9.10. The Balaban J connectivity index is 2.60. The fourth-order valence-corrected chi connectivity index (χ4v) is 1.99. The highest BCUT2D eigenvalue weighted by Gasteiger charge is 2.02. The number of benzene rings is 1. The van der Waals surface area contributed by atoms with E-state index in [-0.39, 0.29) is 0 Å². The number of hydrogen-bond acceptors (Lipinski definition) is 1. The number of aromatic amines is 1. The monoisotopic (exact) mass is 238 g/mol.